The van der Waals surface area contributed by atoms with E-state index in [-0.39, 0.29) is 5.92 Å². The SMILES string of the molecule is CCCCCCCCCCCCC(C)C#CC(C)(O)O. The van der Waals surface area contributed by atoms with Crippen molar-refractivity contribution < 1.29 is 10.2 Å². The molecule has 0 aliphatic heterocycles. The highest BCUT2D eigenvalue weighted by Crippen LogP contribution is 2.13. The van der Waals surface area contributed by atoms with E-state index in [1.807, 2.05) is 6.92 Å². The molecule has 0 aromatic heterocycles. The molecule has 2 heteroatoms. The van der Waals surface area contributed by atoms with Gasteiger partial charge in [-0.1, -0.05) is 84.0 Å². The third-order valence-corrected chi connectivity index (χ3v) is 3.55. The van der Waals surface area contributed by atoms with Crippen molar-refractivity contribution in [3.05, 3.63) is 0 Å². The van der Waals surface area contributed by atoms with Gasteiger partial charge in [-0.2, -0.15) is 0 Å². The molecule has 20 heavy (non-hydrogen) atoms. The summed E-state index contributed by atoms with van der Waals surface area (Å²) in [5.41, 5.74) is 0. The second-order valence-corrected chi connectivity index (χ2v) is 6.16. The molecule has 0 aromatic carbocycles. The Hall–Kier alpha value is -0.520. The fourth-order valence-corrected chi connectivity index (χ4v) is 2.27. The summed E-state index contributed by atoms with van der Waals surface area (Å²) in [5.74, 6) is 3.78. The molecule has 2 N–H and O–H groups in total. The van der Waals surface area contributed by atoms with Crippen molar-refractivity contribution in [2.45, 2.75) is 97.2 Å². The van der Waals surface area contributed by atoms with Crippen molar-refractivity contribution in [1.29, 1.82) is 0 Å². The van der Waals surface area contributed by atoms with Gasteiger partial charge >= 0.3 is 0 Å². The van der Waals surface area contributed by atoms with Crippen LogP contribution in [0.15, 0.2) is 0 Å². The van der Waals surface area contributed by atoms with Crippen LogP contribution in [0.5, 0.6) is 0 Å². The van der Waals surface area contributed by atoms with E-state index in [2.05, 4.69) is 18.8 Å². The van der Waals surface area contributed by atoms with Gasteiger partial charge in [-0.25, -0.2) is 0 Å². The standard InChI is InChI=1S/C18H34O2/c1-4-5-6-7-8-9-10-11-12-13-14-17(2)15-16-18(3,19)20/h17,19-20H,4-14H2,1-3H3. The minimum Gasteiger partial charge on any atom is -0.356 e. The van der Waals surface area contributed by atoms with E-state index in [0.29, 0.717) is 0 Å². The quantitative estimate of drug-likeness (QED) is 0.329. The lowest BCUT2D eigenvalue weighted by Gasteiger charge is -2.07. The molecule has 1 atom stereocenters. The van der Waals surface area contributed by atoms with E-state index in [4.69, 9.17) is 10.2 Å². The van der Waals surface area contributed by atoms with E-state index in [1.165, 1.54) is 71.1 Å². The normalized spacial score (nSPS) is 12.8. The minimum absolute atomic E-state index is 0.252. The zero-order valence-electron chi connectivity index (χ0n) is 13.7. The van der Waals surface area contributed by atoms with Gasteiger partial charge in [0.25, 0.3) is 0 Å². The van der Waals surface area contributed by atoms with Gasteiger partial charge in [-0.05, 0) is 12.3 Å². The Labute approximate surface area is 126 Å². The van der Waals surface area contributed by atoms with Crippen LogP contribution in [0, 0.1) is 17.8 Å². The number of rotatable bonds is 11. The maximum Gasteiger partial charge on any atom is 0.225 e. The first-order chi connectivity index (χ1) is 9.45. The number of hydrogen-bond donors (Lipinski definition) is 2. The number of unbranched alkanes of at least 4 members (excludes halogenated alkanes) is 9. The molecule has 0 aliphatic rings. The van der Waals surface area contributed by atoms with Gasteiger partial charge in [-0.15, -0.1) is 0 Å². The van der Waals surface area contributed by atoms with Crippen LogP contribution in [0.3, 0.4) is 0 Å². The molecule has 0 aromatic rings. The highest BCUT2D eigenvalue weighted by molar-refractivity contribution is 5.09. The molecule has 0 spiro atoms. The van der Waals surface area contributed by atoms with Crippen molar-refractivity contribution in [1.82, 2.24) is 0 Å². The molecule has 0 bridgehead atoms. The number of hydrogen-bond acceptors (Lipinski definition) is 2. The summed E-state index contributed by atoms with van der Waals surface area (Å²) in [6, 6.07) is 0. The van der Waals surface area contributed by atoms with E-state index in [0.717, 1.165) is 6.42 Å². The third-order valence-electron chi connectivity index (χ3n) is 3.55. The summed E-state index contributed by atoms with van der Waals surface area (Å²) in [6.45, 7) is 5.60. The van der Waals surface area contributed by atoms with Crippen molar-refractivity contribution >= 4 is 0 Å². The molecule has 0 aliphatic carbocycles. The highest BCUT2D eigenvalue weighted by atomic mass is 16.5. The summed E-state index contributed by atoms with van der Waals surface area (Å²) in [5, 5.41) is 18.2. The second-order valence-electron chi connectivity index (χ2n) is 6.16. The molecule has 0 amide bonds. The molecule has 0 saturated carbocycles. The second kappa shape index (κ2) is 12.2. The predicted octanol–water partition coefficient (Wildman–Crippen LogP) is 4.64. The summed E-state index contributed by atoms with van der Waals surface area (Å²) in [7, 11) is 0. The fourth-order valence-electron chi connectivity index (χ4n) is 2.27. The lowest BCUT2D eigenvalue weighted by atomic mass is 10.0. The molecular formula is C18H34O2. The molecule has 118 valence electrons. The molecule has 0 fully saturated rings. The Morgan fingerprint density at radius 1 is 0.850 bits per heavy atom. The van der Waals surface area contributed by atoms with Crippen LogP contribution >= 0.6 is 0 Å². The maximum absolute atomic E-state index is 9.09. The third kappa shape index (κ3) is 15.5. The van der Waals surface area contributed by atoms with Gasteiger partial charge in [0.2, 0.25) is 5.79 Å². The Morgan fingerprint density at radius 3 is 1.75 bits per heavy atom. The molecule has 0 saturated heterocycles. The smallest absolute Gasteiger partial charge is 0.225 e. The molecule has 2 nitrogen and oxygen atoms in total. The summed E-state index contributed by atoms with van der Waals surface area (Å²) in [4.78, 5) is 0. The predicted molar refractivity (Wildman–Crippen MR) is 86.2 cm³/mol. The molecular weight excluding hydrogens is 248 g/mol. The van der Waals surface area contributed by atoms with E-state index in [1.54, 1.807) is 0 Å². The Kier molecular flexibility index (Phi) is 11.9. The lowest BCUT2D eigenvalue weighted by Crippen LogP contribution is -2.19. The monoisotopic (exact) mass is 282 g/mol. The first-order valence-corrected chi connectivity index (χ1v) is 8.43. The van der Waals surface area contributed by atoms with Crippen molar-refractivity contribution in [2.75, 3.05) is 0 Å². The average Bonchev–Trinajstić information content (AvgIpc) is 2.38. The van der Waals surface area contributed by atoms with Crippen LogP contribution in [0.2, 0.25) is 0 Å². The zero-order valence-corrected chi connectivity index (χ0v) is 13.7. The molecule has 0 heterocycles. The van der Waals surface area contributed by atoms with Gasteiger partial charge in [0.05, 0.1) is 0 Å². The van der Waals surface area contributed by atoms with Crippen LogP contribution in [-0.4, -0.2) is 16.0 Å². The highest BCUT2D eigenvalue weighted by Gasteiger charge is 2.09. The lowest BCUT2D eigenvalue weighted by molar-refractivity contribution is -0.0916. The van der Waals surface area contributed by atoms with Crippen molar-refractivity contribution in [2.24, 2.45) is 5.92 Å². The summed E-state index contributed by atoms with van der Waals surface area (Å²) in [6.07, 6.45) is 14.5. The van der Waals surface area contributed by atoms with Crippen LogP contribution in [-0.2, 0) is 0 Å². The summed E-state index contributed by atoms with van der Waals surface area (Å²) >= 11 is 0. The van der Waals surface area contributed by atoms with Crippen LogP contribution in [0.1, 0.15) is 91.4 Å². The van der Waals surface area contributed by atoms with E-state index < -0.39 is 5.79 Å². The van der Waals surface area contributed by atoms with Gasteiger partial charge < -0.3 is 10.2 Å². The first-order valence-electron chi connectivity index (χ1n) is 8.43. The Balaban J connectivity index is 3.33. The minimum atomic E-state index is -1.84. The van der Waals surface area contributed by atoms with Gasteiger partial charge in [0, 0.05) is 12.8 Å². The molecule has 0 rings (SSSR count). The topological polar surface area (TPSA) is 40.5 Å². The Bertz CT molecular complexity index is 267. The van der Waals surface area contributed by atoms with E-state index >= 15 is 0 Å². The van der Waals surface area contributed by atoms with Gasteiger partial charge in [0.15, 0.2) is 0 Å². The van der Waals surface area contributed by atoms with Gasteiger partial charge in [-0.3, -0.25) is 0 Å². The Morgan fingerprint density at radius 2 is 1.30 bits per heavy atom. The molecule has 1 unspecified atom stereocenters. The van der Waals surface area contributed by atoms with Crippen LogP contribution in [0.4, 0.5) is 0 Å². The van der Waals surface area contributed by atoms with Crippen molar-refractivity contribution in [3.63, 3.8) is 0 Å². The maximum atomic E-state index is 9.09. The van der Waals surface area contributed by atoms with Crippen LogP contribution < -0.4 is 0 Å². The van der Waals surface area contributed by atoms with Gasteiger partial charge in [0.1, 0.15) is 0 Å². The largest absolute Gasteiger partial charge is 0.356 e. The van der Waals surface area contributed by atoms with Crippen molar-refractivity contribution in [3.8, 4) is 11.8 Å². The summed E-state index contributed by atoms with van der Waals surface area (Å²) < 4.78 is 0. The molecule has 0 radical (unpaired) electrons. The van der Waals surface area contributed by atoms with Crippen LogP contribution in [0.25, 0.3) is 0 Å². The first kappa shape index (κ1) is 19.5. The number of aliphatic hydroxyl groups is 2. The average molecular weight is 282 g/mol. The fraction of sp³-hybridized carbons (Fsp3) is 0.889. The van der Waals surface area contributed by atoms with E-state index in [9.17, 15) is 0 Å². The zero-order chi connectivity index (χ0) is 15.3.